The molecule has 5 heteroatoms. The zero-order valence-electron chi connectivity index (χ0n) is 9.35. The molecule has 0 spiro atoms. The molecule has 0 aromatic heterocycles. The number of phenolic OH excluding ortho intramolecular Hbond substituents is 1. The van der Waals surface area contributed by atoms with Crippen molar-refractivity contribution in [1.82, 2.24) is 0 Å². The lowest BCUT2D eigenvalue weighted by molar-refractivity contribution is 0.102. The molecular formula is C13H11BrN2O2. The molecule has 0 heterocycles. The quantitative estimate of drug-likeness (QED) is 0.590. The Labute approximate surface area is 113 Å². The number of nitrogens with two attached hydrogens (primary N) is 1. The van der Waals surface area contributed by atoms with Gasteiger partial charge in [0.15, 0.2) is 0 Å². The summed E-state index contributed by atoms with van der Waals surface area (Å²) in [5.74, 6) is -0.203. The normalized spacial score (nSPS) is 10.1. The van der Waals surface area contributed by atoms with Crippen molar-refractivity contribution in [3.05, 3.63) is 52.5 Å². The Morgan fingerprint density at radius 1 is 1.22 bits per heavy atom. The van der Waals surface area contributed by atoms with Gasteiger partial charge in [0, 0.05) is 10.5 Å². The van der Waals surface area contributed by atoms with E-state index in [1.807, 2.05) is 6.07 Å². The number of rotatable bonds is 2. The van der Waals surface area contributed by atoms with Crippen LogP contribution in [0.25, 0.3) is 0 Å². The summed E-state index contributed by atoms with van der Waals surface area (Å²) in [6.07, 6.45) is 0. The first-order chi connectivity index (χ1) is 8.58. The molecule has 2 rings (SSSR count). The van der Waals surface area contributed by atoms with Gasteiger partial charge in [0.1, 0.15) is 5.75 Å². The van der Waals surface area contributed by atoms with E-state index in [1.165, 1.54) is 12.1 Å². The Morgan fingerprint density at radius 3 is 2.61 bits per heavy atom. The first-order valence-corrected chi connectivity index (χ1v) is 6.01. The number of hydrogen-bond donors (Lipinski definition) is 3. The van der Waals surface area contributed by atoms with Gasteiger partial charge in [0.05, 0.1) is 16.9 Å². The molecule has 18 heavy (non-hydrogen) atoms. The highest BCUT2D eigenvalue weighted by molar-refractivity contribution is 9.10. The Morgan fingerprint density at radius 2 is 1.94 bits per heavy atom. The predicted molar refractivity (Wildman–Crippen MR) is 74.6 cm³/mol. The van der Waals surface area contributed by atoms with Crippen LogP contribution < -0.4 is 11.1 Å². The molecule has 0 unspecified atom stereocenters. The fraction of sp³-hybridized carbons (Fsp3) is 0. The minimum Gasteiger partial charge on any atom is -0.508 e. The number of nitrogen functional groups attached to an aromatic ring is 1. The van der Waals surface area contributed by atoms with Crippen molar-refractivity contribution in [3.8, 4) is 5.75 Å². The van der Waals surface area contributed by atoms with Crippen molar-refractivity contribution in [1.29, 1.82) is 0 Å². The molecule has 0 aliphatic rings. The van der Waals surface area contributed by atoms with Gasteiger partial charge in [0.25, 0.3) is 5.91 Å². The van der Waals surface area contributed by atoms with Crippen molar-refractivity contribution >= 4 is 33.2 Å². The molecule has 4 N–H and O–H groups in total. The smallest absolute Gasteiger partial charge is 0.256 e. The van der Waals surface area contributed by atoms with Gasteiger partial charge in [-0.2, -0.15) is 0 Å². The molecule has 4 nitrogen and oxygen atoms in total. The van der Waals surface area contributed by atoms with Gasteiger partial charge in [-0.15, -0.1) is 0 Å². The Balaban J connectivity index is 2.24. The van der Waals surface area contributed by atoms with Gasteiger partial charge in [-0.3, -0.25) is 4.79 Å². The maximum absolute atomic E-state index is 12.0. The highest BCUT2D eigenvalue weighted by Crippen LogP contribution is 2.24. The van der Waals surface area contributed by atoms with Crippen LogP contribution in [0.4, 0.5) is 11.4 Å². The van der Waals surface area contributed by atoms with Crippen molar-refractivity contribution < 1.29 is 9.90 Å². The summed E-state index contributed by atoms with van der Waals surface area (Å²) in [5.41, 5.74) is 7.00. The average Bonchev–Trinajstić information content (AvgIpc) is 2.33. The average molecular weight is 307 g/mol. The predicted octanol–water partition coefficient (Wildman–Crippen LogP) is 2.99. The summed E-state index contributed by atoms with van der Waals surface area (Å²) >= 11 is 3.31. The number of hydrogen-bond acceptors (Lipinski definition) is 3. The Bertz CT molecular complexity index is 599. The lowest BCUT2D eigenvalue weighted by atomic mass is 10.2. The highest BCUT2D eigenvalue weighted by atomic mass is 79.9. The van der Waals surface area contributed by atoms with Crippen molar-refractivity contribution in [2.24, 2.45) is 0 Å². The molecule has 0 aliphatic carbocycles. The van der Waals surface area contributed by atoms with Gasteiger partial charge in [-0.25, -0.2) is 0 Å². The monoisotopic (exact) mass is 306 g/mol. The van der Waals surface area contributed by atoms with Crippen LogP contribution in [0.15, 0.2) is 46.9 Å². The number of carbonyl (C=O) groups is 1. The first kappa shape index (κ1) is 12.4. The van der Waals surface area contributed by atoms with E-state index in [1.54, 1.807) is 24.3 Å². The first-order valence-electron chi connectivity index (χ1n) is 5.22. The minimum absolute atomic E-state index is 0.0615. The van der Waals surface area contributed by atoms with E-state index in [0.717, 1.165) is 0 Å². The Hall–Kier alpha value is -2.01. The molecule has 0 bridgehead atoms. The third-order valence-electron chi connectivity index (χ3n) is 2.40. The van der Waals surface area contributed by atoms with E-state index in [0.29, 0.717) is 21.4 Å². The second kappa shape index (κ2) is 5.10. The molecule has 0 saturated heterocycles. The van der Waals surface area contributed by atoms with Crippen LogP contribution in [0.3, 0.4) is 0 Å². The van der Waals surface area contributed by atoms with Crippen LogP contribution in [0.1, 0.15) is 10.4 Å². The molecule has 2 aromatic carbocycles. The van der Waals surface area contributed by atoms with E-state index >= 15 is 0 Å². The molecule has 1 amide bonds. The van der Waals surface area contributed by atoms with Crippen LogP contribution in [0.2, 0.25) is 0 Å². The number of anilines is 2. The molecule has 0 aliphatic heterocycles. The third-order valence-corrected chi connectivity index (χ3v) is 3.09. The standard InChI is InChI=1S/C13H11BrN2O2/c14-10-4-2-1-3-9(10)13(18)16-12-6-5-8(17)7-11(12)15/h1-7,17H,15H2,(H,16,18). The number of benzene rings is 2. The number of halogens is 1. The summed E-state index contributed by atoms with van der Waals surface area (Å²) in [7, 11) is 0. The van der Waals surface area contributed by atoms with Gasteiger partial charge in [0.2, 0.25) is 0 Å². The van der Waals surface area contributed by atoms with Crippen LogP contribution in [0.5, 0.6) is 5.75 Å². The molecule has 2 aromatic rings. The van der Waals surface area contributed by atoms with Crippen LogP contribution >= 0.6 is 15.9 Å². The summed E-state index contributed by atoms with van der Waals surface area (Å²) in [4.78, 5) is 12.0. The number of amides is 1. The minimum atomic E-state index is -0.264. The van der Waals surface area contributed by atoms with Crippen molar-refractivity contribution in [2.45, 2.75) is 0 Å². The molecule has 0 saturated carbocycles. The second-order valence-electron chi connectivity index (χ2n) is 3.71. The summed E-state index contributed by atoms with van der Waals surface area (Å²) in [6.45, 7) is 0. The summed E-state index contributed by atoms with van der Waals surface area (Å²) < 4.78 is 0.708. The fourth-order valence-electron chi connectivity index (χ4n) is 1.50. The molecule has 0 radical (unpaired) electrons. The van der Waals surface area contributed by atoms with Gasteiger partial charge < -0.3 is 16.2 Å². The second-order valence-corrected chi connectivity index (χ2v) is 4.56. The maximum atomic E-state index is 12.0. The topological polar surface area (TPSA) is 75.3 Å². The number of carbonyl (C=O) groups excluding carboxylic acids is 1. The van der Waals surface area contributed by atoms with E-state index in [9.17, 15) is 9.90 Å². The molecule has 0 fully saturated rings. The lowest BCUT2D eigenvalue weighted by Crippen LogP contribution is -2.13. The maximum Gasteiger partial charge on any atom is 0.256 e. The van der Waals surface area contributed by atoms with E-state index < -0.39 is 0 Å². The summed E-state index contributed by atoms with van der Waals surface area (Å²) in [6, 6.07) is 11.5. The highest BCUT2D eigenvalue weighted by Gasteiger charge is 2.10. The van der Waals surface area contributed by atoms with E-state index in [2.05, 4.69) is 21.2 Å². The summed E-state index contributed by atoms with van der Waals surface area (Å²) in [5, 5.41) is 11.9. The van der Waals surface area contributed by atoms with Crippen molar-refractivity contribution in [2.75, 3.05) is 11.1 Å². The van der Waals surface area contributed by atoms with Crippen LogP contribution in [-0.2, 0) is 0 Å². The third kappa shape index (κ3) is 2.62. The van der Waals surface area contributed by atoms with Crippen molar-refractivity contribution in [3.63, 3.8) is 0 Å². The zero-order valence-corrected chi connectivity index (χ0v) is 10.9. The van der Waals surface area contributed by atoms with Gasteiger partial charge in [-0.1, -0.05) is 12.1 Å². The zero-order chi connectivity index (χ0) is 13.1. The number of phenols is 1. The number of nitrogens with one attached hydrogen (secondary N) is 1. The van der Waals surface area contributed by atoms with Crippen LogP contribution in [0, 0.1) is 0 Å². The SMILES string of the molecule is Nc1cc(O)ccc1NC(=O)c1ccccc1Br. The molecular weight excluding hydrogens is 296 g/mol. The lowest BCUT2D eigenvalue weighted by Gasteiger charge is -2.09. The largest absolute Gasteiger partial charge is 0.508 e. The van der Waals surface area contributed by atoms with E-state index in [4.69, 9.17) is 5.73 Å². The van der Waals surface area contributed by atoms with E-state index in [-0.39, 0.29) is 11.7 Å². The Kier molecular flexibility index (Phi) is 3.53. The fourth-order valence-corrected chi connectivity index (χ4v) is 1.96. The number of aromatic hydroxyl groups is 1. The van der Waals surface area contributed by atoms with Gasteiger partial charge in [-0.05, 0) is 40.2 Å². The van der Waals surface area contributed by atoms with Crippen LogP contribution in [-0.4, -0.2) is 11.0 Å². The molecule has 0 atom stereocenters. The van der Waals surface area contributed by atoms with Gasteiger partial charge >= 0.3 is 0 Å². The molecule has 92 valence electrons.